The summed E-state index contributed by atoms with van der Waals surface area (Å²) in [4.78, 5) is 2.60. The van der Waals surface area contributed by atoms with Gasteiger partial charge in [0, 0.05) is 32.3 Å². The van der Waals surface area contributed by atoms with Crippen LogP contribution in [-0.2, 0) is 4.74 Å². The first kappa shape index (κ1) is 13.3. The van der Waals surface area contributed by atoms with Crippen molar-refractivity contribution in [3.05, 3.63) is 0 Å². The minimum Gasteiger partial charge on any atom is -0.381 e. The van der Waals surface area contributed by atoms with Crippen LogP contribution >= 0.6 is 0 Å². The van der Waals surface area contributed by atoms with Gasteiger partial charge in [-0.25, -0.2) is 0 Å². The fraction of sp³-hybridized carbons (Fsp3) is 1.00. The fourth-order valence-corrected chi connectivity index (χ4v) is 3.54. The Kier molecular flexibility index (Phi) is 4.83. The van der Waals surface area contributed by atoms with E-state index in [1.54, 1.807) is 0 Å². The molecule has 2 aliphatic rings. The van der Waals surface area contributed by atoms with E-state index in [0.29, 0.717) is 5.41 Å². The van der Waals surface area contributed by atoms with Crippen molar-refractivity contribution >= 4 is 0 Å². The number of nitrogens with zero attached hydrogens (tertiary/aromatic N) is 1. The van der Waals surface area contributed by atoms with Gasteiger partial charge in [-0.3, -0.25) is 0 Å². The van der Waals surface area contributed by atoms with E-state index in [0.717, 1.165) is 19.3 Å². The van der Waals surface area contributed by atoms with E-state index in [9.17, 15) is 0 Å². The van der Waals surface area contributed by atoms with Gasteiger partial charge in [0.05, 0.1) is 0 Å². The normalized spacial score (nSPS) is 31.2. The van der Waals surface area contributed by atoms with Crippen LogP contribution in [0.15, 0.2) is 0 Å². The van der Waals surface area contributed by atoms with E-state index in [4.69, 9.17) is 4.74 Å². The molecule has 1 N–H and O–H groups in total. The second-order valence-electron chi connectivity index (χ2n) is 5.94. The molecule has 3 nitrogen and oxygen atoms in total. The Bertz CT molecular complexity index is 220. The second kappa shape index (κ2) is 6.17. The molecule has 1 unspecified atom stereocenters. The highest BCUT2D eigenvalue weighted by Gasteiger charge is 2.35. The minimum atomic E-state index is 0.543. The first-order valence-electron chi connectivity index (χ1n) is 7.24. The first-order valence-corrected chi connectivity index (χ1v) is 7.24. The Morgan fingerprint density at radius 2 is 2.12 bits per heavy atom. The van der Waals surface area contributed by atoms with E-state index < -0.39 is 0 Å². The van der Waals surface area contributed by atoms with Gasteiger partial charge < -0.3 is 15.0 Å². The highest BCUT2D eigenvalue weighted by atomic mass is 16.5. The number of rotatable bonds is 5. The van der Waals surface area contributed by atoms with Crippen molar-refractivity contribution < 1.29 is 4.74 Å². The monoisotopic (exact) mass is 240 g/mol. The number of ether oxygens (including phenoxy) is 1. The summed E-state index contributed by atoms with van der Waals surface area (Å²) in [6, 6.07) is 0.748. The fourth-order valence-electron chi connectivity index (χ4n) is 3.54. The lowest BCUT2D eigenvalue weighted by Gasteiger charge is -2.38. The number of hydrogen-bond acceptors (Lipinski definition) is 3. The average molecular weight is 240 g/mol. The Morgan fingerprint density at radius 3 is 2.71 bits per heavy atom. The van der Waals surface area contributed by atoms with Gasteiger partial charge in [-0.15, -0.1) is 0 Å². The molecule has 0 aromatic rings. The maximum absolute atomic E-state index is 5.45. The third kappa shape index (κ3) is 3.43. The van der Waals surface area contributed by atoms with E-state index in [1.807, 2.05) is 0 Å². The van der Waals surface area contributed by atoms with Crippen molar-refractivity contribution in [2.75, 3.05) is 39.9 Å². The third-order valence-electron chi connectivity index (χ3n) is 4.51. The quantitative estimate of drug-likeness (QED) is 0.794. The number of nitrogens with one attached hydrogen (secondary N) is 1. The van der Waals surface area contributed by atoms with Crippen molar-refractivity contribution in [3.8, 4) is 0 Å². The lowest BCUT2D eigenvalue weighted by molar-refractivity contribution is 0.0281. The van der Waals surface area contributed by atoms with Crippen LogP contribution in [0.3, 0.4) is 0 Å². The molecular formula is C14H28N2O. The van der Waals surface area contributed by atoms with Crippen molar-refractivity contribution in [2.45, 2.75) is 45.1 Å². The minimum absolute atomic E-state index is 0.543. The summed E-state index contributed by atoms with van der Waals surface area (Å²) in [5.74, 6) is 0. The summed E-state index contributed by atoms with van der Waals surface area (Å²) < 4.78 is 5.45. The molecule has 2 heterocycles. The van der Waals surface area contributed by atoms with Crippen LogP contribution in [-0.4, -0.2) is 50.8 Å². The summed E-state index contributed by atoms with van der Waals surface area (Å²) in [5.41, 5.74) is 0.543. The van der Waals surface area contributed by atoms with E-state index in [2.05, 4.69) is 24.2 Å². The zero-order valence-electron chi connectivity index (χ0n) is 11.5. The molecule has 0 bridgehead atoms. The van der Waals surface area contributed by atoms with Gasteiger partial charge >= 0.3 is 0 Å². The van der Waals surface area contributed by atoms with E-state index >= 15 is 0 Å². The van der Waals surface area contributed by atoms with Gasteiger partial charge in [-0.1, -0.05) is 13.3 Å². The topological polar surface area (TPSA) is 24.5 Å². The predicted octanol–water partition coefficient (Wildman–Crippen LogP) is 1.88. The molecule has 1 atom stereocenters. The Balaban J connectivity index is 1.88. The maximum atomic E-state index is 5.45. The molecule has 2 fully saturated rings. The highest BCUT2D eigenvalue weighted by molar-refractivity contribution is 4.91. The zero-order valence-corrected chi connectivity index (χ0v) is 11.5. The Labute approximate surface area is 106 Å². The molecule has 0 aromatic carbocycles. The molecule has 0 saturated carbocycles. The van der Waals surface area contributed by atoms with Gasteiger partial charge in [-0.05, 0) is 44.7 Å². The molecule has 0 amide bonds. The number of hydrogen-bond donors (Lipinski definition) is 1. The van der Waals surface area contributed by atoms with Gasteiger partial charge in [-0.2, -0.15) is 0 Å². The van der Waals surface area contributed by atoms with Crippen LogP contribution in [0.4, 0.5) is 0 Å². The molecule has 0 radical (unpaired) electrons. The molecule has 2 aliphatic heterocycles. The van der Waals surface area contributed by atoms with Gasteiger partial charge in [0.2, 0.25) is 0 Å². The standard InChI is InChI=1S/C14H28N2O/c1-3-6-14(7-8-15-11-14)12-16(2)13-4-9-17-10-5-13/h13,15H,3-12H2,1-2H3. The summed E-state index contributed by atoms with van der Waals surface area (Å²) in [6.07, 6.45) is 6.46. The highest BCUT2D eigenvalue weighted by Crippen LogP contribution is 2.33. The second-order valence-corrected chi connectivity index (χ2v) is 5.94. The van der Waals surface area contributed by atoms with Crippen molar-refractivity contribution in [2.24, 2.45) is 5.41 Å². The van der Waals surface area contributed by atoms with E-state index in [1.165, 1.54) is 51.7 Å². The molecule has 2 rings (SSSR count). The van der Waals surface area contributed by atoms with Crippen LogP contribution in [0, 0.1) is 5.41 Å². The van der Waals surface area contributed by atoms with Crippen LogP contribution in [0.1, 0.15) is 39.0 Å². The van der Waals surface area contributed by atoms with Crippen LogP contribution < -0.4 is 5.32 Å². The summed E-state index contributed by atoms with van der Waals surface area (Å²) in [7, 11) is 2.31. The van der Waals surface area contributed by atoms with Crippen molar-refractivity contribution in [1.29, 1.82) is 0 Å². The lowest BCUT2D eigenvalue weighted by Crippen LogP contribution is -2.44. The molecule has 3 heteroatoms. The summed E-state index contributed by atoms with van der Waals surface area (Å²) in [6.45, 7) is 7.91. The van der Waals surface area contributed by atoms with Crippen LogP contribution in [0.25, 0.3) is 0 Å². The molecule has 0 spiro atoms. The largest absolute Gasteiger partial charge is 0.381 e. The molecule has 2 saturated heterocycles. The Morgan fingerprint density at radius 1 is 1.35 bits per heavy atom. The molecule has 0 aromatic heterocycles. The third-order valence-corrected chi connectivity index (χ3v) is 4.51. The summed E-state index contributed by atoms with van der Waals surface area (Å²) >= 11 is 0. The first-order chi connectivity index (χ1) is 8.26. The Hall–Kier alpha value is -0.120. The molecule has 100 valence electrons. The van der Waals surface area contributed by atoms with Crippen LogP contribution in [0.5, 0.6) is 0 Å². The van der Waals surface area contributed by atoms with Crippen molar-refractivity contribution in [3.63, 3.8) is 0 Å². The molecule has 17 heavy (non-hydrogen) atoms. The van der Waals surface area contributed by atoms with Crippen molar-refractivity contribution in [1.82, 2.24) is 10.2 Å². The zero-order chi connectivity index (χ0) is 12.1. The van der Waals surface area contributed by atoms with Gasteiger partial charge in [0.1, 0.15) is 0 Å². The van der Waals surface area contributed by atoms with Crippen LogP contribution in [0.2, 0.25) is 0 Å². The molecular weight excluding hydrogens is 212 g/mol. The summed E-state index contributed by atoms with van der Waals surface area (Å²) in [5, 5.41) is 3.55. The average Bonchev–Trinajstić information content (AvgIpc) is 2.79. The lowest BCUT2D eigenvalue weighted by atomic mass is 9.81. The smallest absolute Gasteiger partial charge is 0.0480 e. The predicted molar refractivity (Wildman–Crippen MR) is 71.3 cm³/mol. The molecule has 0 aliphatic carbocycles. The van der Waals surface area contributed by atoms with Gasteiger partial charge in [0.25, 0.3) is 0 Å². The SMILES string of the molecule is CCCC1(CN(C)C2CCOCC2)CCNC1. The van der Waals surface area contributed by atoms with Gasteiger partial charge in [0.15, 0.2) is 0 Å². The maximum Gasteiger partial charge on any atom is 0.0480 e. The van der Waals surface area contributed by atoms with E-state index in [-0.39, 0.29) is 0 Å².